The molecule has 0 saturated carbocycles. The fourth-order valence-electron chi connectivity index (χ4n) is 2.59. The van der Waals surface area contributed by atoms with Crippen LogP contribution < -0.4 is 11.1 Å². The van der Waals surface area contributed by atoms with Gasteiger partial charge in [-0.3, -0.25) is 0 Å². The summed E-state index contributed by atoms with van der Waals surface area (Å²) < 4.78 is 0. The molecule has 1 heterocycles. The van der Waals surface area contributed by atoms with Crippen LogP contribution in [-0.2, 0) is 6.54 Å². The van der Waals surface area contributed by atoms with Gasteiger partial charge in [-0.15, -0.1) is 0 Å². The van der Waals surface area contributed by atoms with E-state index < -0.39 is 0 Å². The van der Waals surface area contributed by atoms with Crippen molar-refractivity contribution in [1.29, 1.82) is 0 Å². The molecule has 0 bridgehead atoms. The molecule has 0 atom stereocenters. The minimum Gasteiger partial charge on any atom is -0.409 e. The van der Waals surface area contributed by atoms with E-state index in [0.717, 1.165) is 30.1 Å². The molecular weight excluding hydrogens is 252 g/mol. The molecule has 1 aliphatic heterocycles. The maximum Gasteiger partial charge on any atom is 0.170 e. The highest BCUT2D eigenvalue weighted by molar-refractivity contribution is 5.97. The number of likely N-dealkylation sites (tertiary alicyclic amines) is 1. The summed E-state index contributed by atoms with van der Waals surface area (Å²) in [5.41, 5.74) is 7.51. The minimum absolute atomic E-state index is 0.155. The second-order valence-corrected chi connectivity index (χ2v) is 5.56. The van der Waals surface area contributed by atoms with Crippen molar-refractivity contribution >= 4 is 5.84 Å². The van der Waals surface area contributed by atoms with Crippen LogP contribution in [0, 0.1) is 5.92 Å². The fourth-order valence-corrected chi connectivity index (χ4v) is 2.59. The summed E-state index contributed by atoms with van der Waals surface area (Å²) in [7, 11) is 2.18. The van der Waals surface area contributed by atoms with Crippen molar-refractivity contribution in [2.24, 2.45) is 16.8 Å². The van der Waals surface area contributed by atoms with Gasteiger partial charge >= 0.3 is 0 Å². The zero-order chi connectivity index (χ0) is 14.4. The Kier molecular flexibility index (Phi) is 5.38. The highest BCUT2D eigenvalue weighted by Crippen LogP contribution is 2.15. The van der Waals surface area contributed by atoms with Crippen LogP contribution in [-0.4, -0.2) is 42.6 Å². The Labute approximate surface area is 120 Å². The molecule has 0 unspecified atom stereocenters. The van der Waals surface area contributed by atoms with Crippen molar-refractivity contribution in [3.05, 3.63) is 35.4 Å². The predicted octanol–water partition coefficient (Wildman–Crippen LogP) is 1.21. The molecule has 1 fully saturated rings. The predicted molar refractivity (Wildman–Crippen MR) is 80.9 cm³/mol. The van der Waals surface area contributed by atoms with Crippen LogP contribution in [0.4, 0.5) is 0 Å². The second kappa shape index (κ2) is 7.26. The number of nitrogens with zero attached hydrogens (tertiary/aromatic N) is 2. The smallest absolute Gasteiger partial charge is 0.170 e. The van der Waals surface area contributed by atoms with Gasteiger partial charge in [0.1, 0.15) is 0 Å². The third-order valence-corrected chi connectivity index (χ3v) is 3.93. The fraction of sp³-hybridized carbons (Fsp3) is 0.533. The molecule has 0 aromatic heterocycles. The largest absolute Gasteiger partial charge is 0.409 e. The number of hydrogen-bond donors (Lipinski definition) is 3. The Balaban J connectivity index is 1.79. The molecule has 1 aromatic rings. The summed E-state index contributed by atoms with van der Waals surface area (Å²) in [6, 6.07) is 7.78. The van der Waals surface area contributed by atoms with E-state index in [0.29, 0.717) is 0 Å². The Hall–Kier alpha value is -1.59. The zero-order valence-corrected chi connectivity index (χ0v) is 12.0. The van der Waals surface area contributed by atoms with Crippen molar-refractivity contribution < 1.29 is 5.21 Å². The van der Waals surface area contributed by atoms with Gasteiger partial charge in [-0.05, 0) is 57.1 Å². The van der Waals surface area contributed by atoms with Gasteiger partial charge in [0.05, 0.1) is 0 Å². The van der Waals surface area contributed by atoms with E-state index >= 15 is 0 Å². The first-order chi connectivity index (χ1) is 9.69. The normalized spacial score (nSPS) is 18.4. The number of benzene rings is 1. The van der Waals surface area contributed by atoms with Gasteiger partial charge in [0.15, 0.2) is 5.84 Å². The quantitative estimate of drug-likeness (QED) is 0.327. The first-order valence-electron chi connectivity index (χ1n) is 7.15. The van der Waals surface area contributed by atoms with Crippen LogP contribution >= 0.6 is 0 Å². The van der Waals surface area contributed by atoms with Crippen molar-refractivity contribution in [2.75, 3.05) is 26.7 Å². The van der Waals surface area contributed by atoms with Crippen LogP contribution in [0.3, 0.4) is 0 Å². The number of nitrogens with one attached hydrogen (secondary N) is 1. The number of oxime groups is 1. The summed E-state index contributed by atoms with van der Waals surface area (Å²) in [6.07, 6.45) is 2.54. The van der Waals surface area contributed by atoms with Gasteiger partial charge in [0.2, 0.25) is 0 Å². The molecular formula is C15H24N4O. The second-order valence-electron chi connectivity index (χ2n) is 5.56. The molecule has 110 valence electrons. The van der Waals surface area contributed by atoms with Crippen LogP contribution in [0.2, 0.25) is 0 Å². The van der Waals surface area contributed by atoms with Crippen molar-refractivity contribution in [2.45, 2.75) is 19.4 Å². The van der Waals surface area contributed by atoms with Gasteiger partial charge in [-0.1, -0.05) is 23.4 Å². The van der Waals surface area contributed by atoms with Crippen molar-refractivity contribution in [3.8, 4) is 0 Å². The summed E-state index contributed by atoms with van der Waals surface area (Å²) in [4.78, 5) is 2.39. The number of amidine groups is 1. The molecule has 0 radical (unpaired) electrons. The summed E-state index contributed by atoms with van der Waals surface area (Å²) in [5, 5.41) is 15.2. The van der Waals surface area contributed by atoms with E-state index in [1.165, 1.54) is 25.9 Å². The standard InChI is InChI=1S/C15H24N4O/c1-19-7-5-12(6-8-19)10-17-11-13-3-2-4-14(9-13)15(16)18-20/h2-4,9,12,17,20H,5-8,10-11H2,1H3,(H2,16,18). The van der Waals surface area contributed by atoms with Gasteiger partial charge < -0.3 is 21.2 Å². The van der Waals surface area contributed by atoms with Crippen molar-refractivity contribution in [3.63, 3.8) is 0 Å². The van der Waals surface area contributed by atoms with E-state index in [2.05, 4.69) is 28.5 Å². The average Bonchev–Trinajstić information content (AvgIpc) is 2.49. The lowest BCUT2D eigenvalue weighted by Crippen LogP contribution is -2.34. The van der Waals surface area contributed by atoms with Crippen LogP contribution in [0.15, 0.2) is 29.4 Å². The molecule has 0 spiro atoms. The van der Waals surface area contributed by atoms with Gasteiger partial charge in [-0.2, -0.15) is 0 Å². The van der Waals surface area contributed by atoms with Crippen LogP contribution in [0.25, 0.3) is 0 Å². The summed E-state index contributed by atoms with van der Waals surface area (Å²) in [6.45, 7) is 4.27. The Morgan fingerprint density at radius 1 is 1.45 bits per heavy atom. The number of hydrogen-bond acceptors (Lipinski definition) is 4. The third-order valence-electron chi connectivity index (χ3n) is 3.93. The topological polar surface area (TPSA) is 73.9 Å². The SMILES string of the molecule is CN1CCC(CNCc2cccc(C(N)=NO)c2)CC1. The van der Waals surface area contributed by atoms with Crippen molar-refractivity contribution in [1.82, 2.24) is 10.2 Å². The Morgan fingerprint density at radius 3 is 2.90 bits per heavy atom. The highest BCUT2D eigenvalue weighted by atomic mass is 16.4. The number of rotatable bonds is 5. The lowest BCUT2D eigenvalue weighted by atomic mass is 9.97. The molecule has 5 nitrogen and oxygen atoms in total. The monoisotopic (exact) mass is 276 g/mol. The lowest BCUT2D eigenvalue weighted by Gasteiger charge is -2.29. The molecule has 20 heavy (non-hydrogen) atoms. The van der Waals surface area contributed by atoms with E-state index in [9.17, 15) is 0 Å². The van der Waals surface area contributed by atoms with Gasteiger partial charge in [0, 0.05) is 12.1 Å². The molecule has 4 N–H and O–H groups in total. The molecule has 0 aliphatic carbocycles. The molecule has 2 rings (SSSR count). The molecule has 1 aromatic carbocycles. The Bertz CT molecular complexity index is 453. The number of piperidine rings is 1. The highest BCUT2D eigenvalue weighted by Gasteiger charge is 2.15. The molecule has 1 aliphatic rings. The first kappa shape index (κ1) is 14.8. The van der Waals surface area contributed by atoms with E-state index in [4.69, 9.17) is 10.9 Å². The number of nitrogens with two attached hydrogens (primary N) is 1. The van der Waals surface area contributed by atoms with Crippen LogP contribution in [0.1, 0.15) is 24.0 Å². The van der Waals surface area contributed by atoms with Crippen LogP contribution in [0.5, 0.6) is 0 Å². The van der Waals surface area contributed by atoms with Gasteiger partial charge in [0.25, 0.3) is 0 Å². The van der Waals surface area contributed by atoms with E-state index in [-0.39, 0.29) is 5.84 Å². The Morgan fingerprint density at radius 2 is 2.20 bits per heavy atom. The summed E-state index contributed by atoms with van der Waals surface area (Å²) in [5.74, 6) is 0.931. The minimum atomic E-state index is 0.155. The average molecular weight is 276 g/mol. The maximum atomic E-state index is 8.69. The molecule has 1 saturated heterocycles. The molecule has 0 amide bonds. The lowest BCUT2D eigenvalue weighted by molar-refractivity contribution is 0.216. The van der Waals surface area contributed by atoms with Gasteiger partial charge in [-0.25, -0.2) is 0 Å². The third kappa shape index (κ3) is 4.21. The summed E-state index contributed by atoms with van der Waals surface area (Å²) >= 11 is 0. The maximum absolute atomic E-state index is 8.69. The van der Waals surface area contributed by atoms with E-state index in [1.807, 2.05) is 18.2 Å². The molecule has 5 heteroatoms. The van der Waals surface area contributed by atoms with E-state index in [1.54, 1.807) is 0 Å². The first-order valence-corrected chi connectivity index (χ1v) is 7.15. The zero-order valence-electron chi connectivity index (χ0n) is 12.0.